The van der Waals surface area contributed by atoms with E-state index in [1.165, 1.54) is 11.5 Å². The van der Waals surface area contributed by atoms with Gasteiger partial charge >= 0.3 is 0 Å². The molecule has 3 rings (SSSR count). The first-order chi connectivity index (χ1) is 16.5. The van der Waals surface area contributed by atoms with Gasteiger partial charge in [0.1, 0.15) is 16.6 Å². The van der Waals surface area contributed by atoms with Crippen LogP contribution in [0.2, 0.25) is 0 Å². The van der Waals surface area contributed by atoms with Gasteiger partial charge in [-0.15, -0.1) is 0 Å². The zero-order chi connectivity index (χ0) is 25.1. The lowest BCUT2D eigenvalue weighted by atomic mass is 10.1. The number of hydrogen-bond donors (Lipinski definition) is 2. The molecular weight excluding hydrogens is 444 g/mol. The lowest BCUT2D eigenvalue weighted by Crippen LogP contribution is -2.32. The van der Waals surface area contributed by atoms with Crippen molar-refractivity contribution in [3.63, 3.8) is 0 Å². The average molecular weight is 485 g/mol. The first kappa shape index (κ1) is 27.3. The van der Waals surface area contributed by atoms with E-state index >= 15 is 0 Å². The summed E-state index contributed by atoms with van der Waals surface area (Å²) in [7, 11) is 5.97. The van der Waals surface area contributed by atoms with E-state index in [1.54, 1.807) is 0 Å². The van der Waals surface area contributed by atoms with Gasteiger partial charge in [0.05, 0.1) is 11.9 Å². The van der Waals surface area contributed by atoms with Crippen molar-refractivity contribution in [2.75, 3.05) is 51.0 Å². The zero-order valence-corrected chi connectivity index (χ0v) is 22.5. The van der Waals surface area contributed by atoms with Gasteiger partial charge in [-0.25, -0.2) is 4.98 Å². The molecule has 34 heavy (non-hydrogen) atoms. The number of nitrogens with zero attached hydrogens (tertiary/aromatic N) is 6. The quantitative estimate of drug-likeness (QED) is 0.343. The minimum atomic E-state index is 0.796. The zero-order valence-electron chi connectivity index (χ0n) is 21.7. The Labute approximate surface area is 208 Å². The fourth-order valence-corrected chi connectivity index (χ4v) is 4.07. The predicted octanol–water partition coefficient (Wildman–Crippen LogP) is 5.18. The molecule has 3 aromatic heterocycles. The Balaban J connectivity index is 0.00000199. The fraction of sp³-hybridized carbons (Fsp3) is 0.480. The number of aryl methyl sites for hydroxylation is 1. The smallest absolute Gasteiger partial charge is 0.167 e. The molecule has 0 aliphatic heterocycles. The lowest BCUT2D eigenvalue weighted by molar-refractivity contribution is 0.566. The largest absolute Gasteiger partial charge is 0.383 e. The third-order valence-electron chi connectivity index (χ3n) is 5.00. The maximum Gasteiger partial charge on any atom is 0.167 e. The number of aromatic nitrogens is 4. The molecular formula is C25H40N8S. The molecule has 0 unspecified atom stereocenters. The van der Waals surface area contributed by atoms with Crippen molar-refractivity contribution in [3.8, 4) is 0 Å². The minimum absolute atomic E-state index is 0.796. The first-order valence-electron chi connectivity index (χ1n) is 12.0. The molecule has 2 N–H and O–H groups in total. The summed E-state index contributed by atoms with van der Waals surface area (Å²) in [6, 6.07) is 4.12. The van der Waals surface area contributed by atoms with Gasteiger partial charge in [0.15, 0.2) is 5.65 Å². The van der Waals surface area contributed by atoms with Gasteiger partial charge < -0.3 is 20.4 Å². The number of hydrogen-bond acceptors (Lipinski definition) is 8. The summed E-state index contributed by atoms with van der Waals surface area (Å²) in [6.45, 7) is 14.9. The number of rotatable bonds is 12. The van der Waals surface area contributed by atoms with Crippen molar-refractivity contribution in [3.05, 3.63) is 48.4 Å². The second kappa shape index (κ2) is 13.7. The molecule has 0 aliphatic carbocycles. The molecule has 0 aromatic carbocycles. The highest BCUT2D eigenvalue weighted by atomic mass is 32.1. The van der Waals surface area contributed by atoms with Crippen LogP contribution >= 0.6 is 11.5 Å². The van der Waals surface area contributed by atoms with Gasteiger partial charge in [-0.3, -0.25) is 0 Å². The SMILES string of the molecule is C=C/C(=C\N(C)C)c1cnn2c(Nc3cc(C)ns3)cc(N(CCCC)CCNC)nc12.CC. The maximum absolute atomic E-state index is 5.06. The summed E-state index contributed by atoms with van der Waals surface area (Å²) in [5.74, 6) is 1.79. The van der Waals surface area contributed by atoms with Gasteiger partial charge in [0.2, 0.25) is 0 Å². The molecule has 0 spiro atoms. The molecule has 9 heteroatoms. The van der Waals surface area contributed by atoms with Crippen LogP contribution < -0.4 is 15.5 Å². The van der Waals surface area contributed by atoms with E-state index in [0.717, 1.165) is 71.6 Å². The van der Waals surface area contributed by atoms with Crippen molar-refractivity contribution < 1.29 is 0 Å². The van der Waals surface area contributed by atoms with E-state index in [0.29, 0.717) is 0 Å². The number of allylic oxidation sites excluding steroid dienone is 2. The van der Waals surface area contributed by atoms with E-state index in [2.05, 4.69) is 44.6 Å². The van der Waals surface area contributed by atoms with Gasteiger partial charge in [-0.1, -0.05) is 39.8 Å². The molecule has 0 radical (unpaired) electrons. The standard InChI is InChI=1S/C23H34N8S.C2H6/c1-7-9-11-30(12-10-24-4)20-14-21(26-22-13-17(3)28-32-22)31-23(27-20)19(15-25-31)18(8-2)16-29(5)6;1-2/h8,13-16,24,26H,2,7,9-12H2,1,3-6H3;1-2H3/b18-16+;. The summed E-state index contributed by atoms with van der Waals surface area (Å²) in [6.07, 6.45) is 7.98. The highest BCUT2D eigenvalue weighted by Gasteiger charge is 2.17. The fourth-order valence-electron chi connectivity index (χ4n) is 3.40. The molecule has 0 bridgehead atoms. The maximum atomic E-state index is 5.06. The van der Waals surface area contributed by atoms with Crippen molar-refractivity contribution in [1.29, 1.82) is 0 Å². The Hall–Kier alpha value is -2.91. The van der Waals surface area contributed by atoms with Crippen molar-refractivity contribution in [2.24, 2.45) is 0 Å². The van der Waals surface area contributed by atoms with Crippen LogP contribution in [0.3, 0.4) is 0 Å². The predicted molar refractivity (Wildman–Crippen MR) is 147 cm³/mol. The van der Waals surface area contributed by atoms with Crippen molar-refractivity contribution >= 4 is 39.4 Å². The highest BCUT2D eigenvalue weighted by Crippen LogP contribution is 2.29. The Morgan fingerprint density at radius 2 is 2.00 bits per heavy atom. The monoisotopic (exact) mass is 484 g/mol. The third-order valence-corrected chi connectivity index (χ3v) is 5.80. The molecule has 0 amide bonds. The summed E-state index contributed by atoms with van der Waals surface area (Å²) in [5, 5.41) is 12.4. The van der Waals surface area contributed by atoms with Gasteiger partial charge in [0.25, 0.3) is 0 Å². The third kappa shape index (κ3) is 7.04. The molecule has 0 fully saturated rings. The number of nitrogens with one attached hydrogen (secondary N) is 2. The molecule has 3 aromatic rings. The van der Waals surface area contributed by atoms with Crippen LogP contribution in [-0.2, 0) is 0 Å². The second-order valence-electron chi connectivity index (χ2n) is 7.95. The first-order valence-corrected chi connectivity index (χ1v) is 12.7. The number of likely N-dealkylation sites (N-methyl/N-ethyl adjacent to an activating group) is 1. The highest BCUT2D eigenvalue weighted by molar-refractivity contribution is 7.10. The van der Waals surface area contributed by atoms with Crippen LogP contribution in [0.4, 0.5) is 16.6 Å². The molecule has 0 aliphatic rings. The van der Waals surface area contributed by atoms with E-state index < -0.39 is 0 Å². The Morgan fingerprint density at radius 1 is 1.24 bits per heavy atom. The lowest BCUT2D eigenvalue weighted by Gasteiger charge is -2.24. The summed E-state index contributed by atoms with van der Waals surface area (Å²) in [5.41, 5.74) is 3.71. The number of fused-ring (bicyclic) bond motifs is 1. The van der Waals surface area contributed by atoms with Crippen LogP contribution in [0.25, 0.3) is 11.2 Å². The van der Waals surface area contributed by atoms with Crippen LogP contribution in [0.5, 0.6) is 0 Å². The summed E-state index contributed by atoms with van der Waals surface area (Å²) in [4.78, 5) is 9.40. The summed E-state index contributed by atoms with van der Waals surface area (Å²) >= 11 is 1.44. The molecule has 0 saturated carbocycles. The molecule has 8 nitrogen and oxygen atoms in total. The van der Waals surface area contributed by atoms with Gasteiger partial charge in [0, 0.05) is 57.1 Å². The van der Waals surface area contributed by atoms with Crippen molar-refractivity contribution in [1.82, 2.24) is 29.2 Å². The molecule has 0 saturated heterocycles. The van der Waals surface area contributed by atoms with E-state index in [-0.39, 0.29) is 0 Å². The van der Waals surface area contributed by atoms with E-state index in [1.807, 2.05) is 75.9 Å². The van der Waals surface area contributed by atoms with Crippen LogP contribution in [0, 0.1) is 6.92 Å². The minimum Gasteiger partial charge on any atom is -0.383 e. The normalized spacial score (nSPS) is 11.2. The van der Waals surface area contributed by atoms with E-state index in [9.17, 15) is 0 Å². The summed E-state index contributed by atoms with van der Waals surface area (Å²) < 4.78 is 6.26. The topological polar surface area (TPSA) is 73.6 Å². The van der Waals surface area contributed by atoms with Crippen LogP contribution in [0.15, 0.2) is 37.2 Å². The van der Waals surface area contributed by atoms with Gasteiger partial charge in [-0.2, -0.15) is 14.0 Å². The van der Waals surface area contributed by atoms with Gasteiger partial charge in [-0.05, 0) is 38.0 Å². The van der Waals surface area contributed by atoms with Crippen LogP contribution in [0.1, 0.15) is 44.9 Å². The molecule has 186 valence electrons. The molecule has 0 atom stereocenters. The number of anilines is 3. The number of unbranched alkanes of at least 4 members (excludes halogenated alkanes) is 1. The molecule has 3 heterocycles. The van der Waals surface area contributed by atoms with Crippen molar-refractivity contribution in [2.45, 2.75) is 40.5 Å². The van der Waals surface area contributed by atoms with E-state index in [4.69, 9.17) is 4.98 Å². The second-order valence-corrected chi connectivity index (χ2v) is 8.75. The Bertz CT molecular complexity index is 1060. The Kier molecular flexibility index (Phi) is 11.0. The Morgan fingerprint density at radius 3 is 2.59 bits per heavy atom. The average Bonchev–Trinajstić information content (AvgIpc) is 3.44. The van der Waals surface area contributed by atoms with Crippen LogP contribution in [-0.4, -0.2) is 64.6 Å².